The summed E-state index contributed by atoms with van der Waals surface area (Å²) in [6, 6.07) is -0.657. The molecule has 102 valence electrons. The average Bonchev–Trinajstić information content (AvgIpc) is 2.20. The molecule has 18 heavy (non-hydrogen) atoms. The van der Waals surface area contributed by atoms with Crippen molar-refractivity contribution in [2.45, 2.75) is 53.2 Å². The van der Waals surface area contributed by atoms with Crippen molar-refractivity contribution in [3.05, 3.63) is 16.4 Å². The van der Waals surface area contributed by atoms with Gasteiger partial charge in [-0.2, -0.15) is 0 Å². The first kappa shape index (κ1) is 16.2. The highest BCUT2D eigenvalue weighted by atomic mass is 16.6. The number of diazo groups is 1. The number of hydrogen-bond acceptors (Lipinski definition) is 4. The molecule has 0 saturated heterocycles. The van der Waals surface area contributed by atoms with Crippen LogP contribution in [-0.4, -0.2) is 22.8 Å². The smallest absolute Gasteiger partial charge is 0.408 e. The molecule has 0 aliphatic rings. The Hall–Kier alpha value is -1.77. The van der Waals surface area contributed by atoms with E-state index in [1.165, 1.54) is 6.92 Å². The maximum absolute atomic E-state index is 11.6. The van der Waals surface area contributed by atoms with E-state index in [1.54, 1.807) is 20.8 Å². The van der Waals surface area contributed by atoms with Crippen molar-refractivity contribution in [3.8, 4) is 0 Å². The number of aliphatic hydroxyl groups excluding tert-OH is 1. The van der Waals surface area contributed by atoms with Gasteiger partial charge < -0.3 is 15.2 Å². The molecule has 0 aliphatic carbocycles. The lowest BCUT2D eigenvalue weighted by molar-refractivity contribution is 0.0486. The summed E-state index contributed by atoms with van der Waals surface area (Å²) >= 11 is 0. The monoisotopic (exact) mass is 256 g/mol. The zero-order chi connectivity index (χ0) is 14.5. The second-order valence-corrected chi connectivity index (χ2v) is 5.44. The molecule has 0 aliphatic heterocycles. The van der Waals surface area contributed by atoms with Crippen molar-refractivity contribution < 1.29 is 14.6 Å². The van der Waals surface area contributed by atoms with Gasteiger partial charge in [0.15, 0.2) is 4.98 Å². The maximum Gasteiger partial charge on any atom is 0.408 e. The van der Waals surface area contributed by atoms with Crippen LogP contribution in [0.15, 0.2) is 11.5 Å². The summed E-state index contributed by atoms with van der Waals surface area (Å²) in [6.07, 6.45) is -0.626. The van der Waals surface area contributed by atoms with Crippen LogP contribution in [0.5, 0.6) is 0 Å². The van der Waals surface area contributed by atoms with Crippen LogP contribution < -0.4 is 5.32 Å². The normalized spacial score (nSPS) is 14.6. The lowest BCUT2D eigenvalue weighted by Crippen LogP contribution is -2.43. The standard InChI is InChI=1S/C12H21N3O3/c1-7(2)9(10(16)8(3)15-13)14-11(17)18-12(4,5)6/h7,9H,1-6H3,(H-,14,16,17)/p+1/b10-8-/t9-/m0/s1. The van der Waals surface area contributed by atoms with E-state index < -0.39 is 17.7 Å². The van der Waals surface area contributed by atoms with Crippen LogP contribution in [0.3, 0.4) is 0 Å². The zero-order valence-corrected chi connectivity index (χ0v) is 11.8. The summed E-state index contributed by atoms with van der Waals surface area (Å²) in [5, 5.41) is 21.0. The van der Waals surface area contributed by atoms with Crippen LogP contribution in [0, 0.1) is 11.3 Å². The van der Waals surface area contributed by atoms with Gasteiger partial charge in [0.1, 0.15) is 5.60 Å². The first-order chi connectivity index (χ1) is 8.08. The SMILES string of the molecule is C/C([N+]#N)=C(/O)[C@@H](NC(=O)OC(C)(C)C)C(C)C. The van der Waals surface area contributed by atoms with E-state index in [4.69, 9.17) is 10.1 Å². The fraction of sp³-hybridized carbons (Fsp3) is 0.750. The molecule has 2 N–H and O–H groups in total. The number of carbonyl (C=O) groups excluding carboxylic acids is 1. The number of carbonyl (C=O) groups is 1. The minimum Gasteiger partial charge on any atom is -0.504 e. The molecular formula is C12H22N3O3+. The molecule has 0 aromatic carbocycles. The highest BCUT2D eigenvalue weighted by molar-refractivity contribution is 5.68. The molecule has 1 atom stereocenters. The zero-order valence-electron chi connectivity index (χ0n) is 11.8. The molecule has 0 rings (SSSR count). The van der Waals surface area contributed by atoms with Crippen molar-refractivity contribution >= 4 is 6.09 Å². The van der Waals surface area contributed by atoms with E-state index >= 15 is 0 Å². The number of rotatable bonds is 3. The molecule has 1 amide bonds. The number of ether oxygens (including phenoxy) is 1. The number of hydrogen-bond donors (Lipinski definition) is 2. The Morgan fingerprint density at radius 3 is 2.22 bits per heavy atom. The molecule has 6 nitrogen and oxygen atoms in total. The third-order valence-electron chi connectivity index (χ3n) is 2.15. The van der Waals surface area contributed by atoms with Gasteiger partial charge >= 0.3 is 11.8 Å². The van der Waals surface area contributed by atoms with Gasteiger partial charge in [-0.15, -0.1) is 0 Å². The Labute approximate surface area is 108 Å². The fourth-order valence-corrected chi connectivity index (χ4v) is 1.26. The van der Waals surface area contributed by atoms with Gasteiger partial charge in [0.2, 0.25) is 11.2 Å². The van der Waals surface area contributed by atoms with Gasteiger partial charge in [0, 0.05) is 6.92 Å². The maximum atomic E-state index is 11.6. The van der Waals surface area contributed by atoms with Crippen LogP contribution in [-0.2, 0) is 4.74 Å². The first-order valence-corrected chi connectivity index (χ1v) is 5.82. The predicted octanol–water partition coefficient (Wildman–Crippen LogP) is 3.18. The summed E-state index contributed by atoms with van der Waals surface area (Å²) in [5.74, 6) is -0.257. The minimum atomic E-state index is -0.657. The number of aliphatic hydroxyl groups is 1. The fourth-order valence-electron chi connectivity index (χ4n) is 1.26. The largest absolute Gasteiger partial charge is 0.504 e. The second-order valence-electron chi connectivity index (χ2n) is 5.44. The summed E-state index contributed by atoms with van der Waals surface area (Å²) in [5.41, 5.74) is -0.550. The molecule has 0 aromatic rings. The Morgan fingerprint density at radius 1 is 1.39 bits per heavy atom. The highest BCUT2D eigenvalue weighted by Crippen LogP contribution is 2.16. The van der Waals surface area contributed by atoms with Crippen LogP contribution in [0.1, 0.15) is 41.5 Å². The first-order valence-electron chi connectivity index (χ1n) is 5.82. The quantitative estimate of drug-likeness (QED) is 0.599. The molecule has 6 heteroatoms. The molecular weight excluding hydrogens is 234 g/mol. The van der Waals surface area contributed by atoms with Gasteiger partial charge in [-0.1, -0.05) is 13.8 Å². The topological polar surface area (TPSA) is 86.7 Å². The van der Waals surface area contributed by atoms with Crippen LogP contribution in [0.4, 0.5) is 4.79 Å². The van der Waals surface area contributed by atoms with E-state index in [0.29, 0.717) is 0 Å². The highest BCUT2D eigenvalue weighted by Gasteiger charge is 2.29. The van der Waals surface area contributed by atoms with Crippen molar-refractivity contribution in [2.24, 2.45) is 5.92 Å². The van der Waals surface area contributed by atoms with Crippen LogP contribution in [0.25, 0.3) is 4.98 Å². The van der Waals surface area contributed by atoms with Crippen molar-refractivity contribution in [2.75, 3.05) is 0 Å². The van der Waals surface area contributed by atoms with Crippen molar-refractivity contribution in [3.63, 3.8) is 0 Å². The number of allylic oxidation sites excluding steroid dienone is 1. The number of nitrogens with one attached hydrogen (secondary N) is 1. The third-order valence-corrected chi connectivity index (χ3v) is 2.15. The Kier molecular flexibility index (Phi) is 5.63. The van der Waals surface area contributed by atoms with Gasteiger partial charge in [-0.25, -0.2) is 4.79 Å². The molecule has 0 bridgehead atoms. The van der Waals surface area contributed by atoms with Gasteiger partial charge in [-0.05, 0) is 26.7 Å². The Balaban J connectivity index is 4.88. The third kappa shape index (κ3) is 5.53. The summed E-state index contributed by atoms with van der Waals surface area (Å²) in [7, 11) is 0. The minimum absolute atomic E-state index is 0.0600. The molecule has 0 radical (unpaired) electrons. The number of nitrogens with zero attached hydrogens (tertiary/aromatic N) is 2. The molecule has 0 unspecified atom stereocenters. The van der Waals surface area contributed by atoms with Crippen LogP contribution >= 0.6 is 0 Å². The molecule has 0 heterocycles. The summed E-state index contributed by atoms with van der Waals surface area (Å²) in [6.45, 7) is 10.3. The molecule has 0 fully saturated rings. The van der Waals surface area contributed by atoms with Gasteiger partial charge in [0.25, 0.3) is 0 Å². The lowest BCUT2D eigenvalue weighted by atomic mass is 10.0. The second kappa shape index (κ2) is 6.24. The summed E-state index contributed by atoms with van der Waals surface area (Å²) in [4.78, 5) is 14.5. The Morgan fingerprint density at radius 2 is 1.89 bits per heavy atom. The number of alkyl carbamates (subject to hydrolysis) is 1. The van der Waals surface area contributed by atoms with E-state index in [2.05, 4.69) is 10.3 Å². The molecule has 0 spiro atoms. The van der Waals surface area contributed by atoms with E-state index in [-0.39, 0.29) is 17.4 Å². The van der Waals surface area contributed by atoms with E-state index in [9.17, 15) is 9.90 Å². The van der Waals surface area contributed by atoms with Gasteiger partial charge in [-0.3, -0.25) is 0 Å². The average molecular weight is 256 g/mol. The predicted molar refractivity (Wildman–Crippen MR) is 68.4 cm³/mol. The van der Waals surface area contributed by atoms with E-state index in [1.807, 2.05) is 13.8 Å². The van der Waals surface area contributed by atoms with Crippen molar-refractivity contribution in [1.82, 2.24) is 5.32 Å². The molecule has 0 saturated carbocycles. The Bertz CT molecular complexity index is 375. The molecule has 0 aromatic heterocycles. The van der Waals surface area contributed by atoms with E-state index in [0.717, 1.165) is 0 Å². The van der Waals surface area contributed by atoms with Gasteiger partial charge in [0.05, 0.1) is 6.04 Å². The van der Waals surface area contributed by atoms with Crippen molar-refractivity contribution in [1.29, 1.82) is 5.39 Å². The van der Waals surface area contributed by atoms with Crippen LogP contribution in [0.2, 0.25) is 0 Å². The lowest BCUT2D eigenvalue weighted by Gasteiger charge is -2.24. The number of amides is 1. The summed E-state index contributed by atoms with van der Waals surface area (Å²) < 4.78 is 5.11.